The van der Waals surface area contributed by atoms with Gasteiger partial charge in [0.15, 0.2) is 5.69 Å². The summed E-state index contributed by atoms with van der Waals surface area (Å²) >= 11 is 0. The third kappa shape index (κ3) is 3.44. The monoisotopic (exact) mass is 385 g/mol. The van der Waals surface area contributed by atoms with Crippen molar-refractivity contribution >= 4 is 17.9 Å². The molecule has 9 nitrogen and oxygen atoms in total. The Balaban J connectivity index is 1.44. The number of esters is 2. The molecule has 0 radical (unpaired) electrons. The number of hydrogen-bond acceptors (Lipinski definition) is 8. The zero-order valence-corrected chi connectivity index (χ0v) is 16.0. The van der Waals surface area contributed by atoms with Crippen molar-refractivity contribution in [2.24, 2.45) is 5.41 Å². The van der Waals surface area contributed by atoms with Gasteiger partial charge in [-0.15, -0.1) is 0 Å². The Kier molecular flexibility index (Phi) is 4.74. The number of nitrogens with zero attached hydrogens (tertiary/aromatic N) is 5. The molecule has 4 heterocycles. The van der Waals surface area contributed by atoms with Gasteiger partial charge >= 0.3 is 11.9 Å². The zero-order chi connectivity index (χ0) is 19.7. The quantitative estimate of drug-likeness (QED) is 0.728. The maximum Gasteiger partial charge on any atom is 0.356 e. The minimum atomic E-state index is -0.484. The van der Waals surface area contributed by atoms with E-state index in [1.807, 2.05) is 22.6 Å². The molecule has 1 spiro atoms. The fourth-order valence-electron chi connectivity index (χ4n) is 4.02. The van der Waals surface area contributed by atoms with Crippen LogP contribution in [0.25, 0.3) is 0 Å². The number of methoxy groups -OCH3 is 1. The van der Waals surface area contributed by atoms with Crippen LogP contribution >= 0.6 is 0 Å². The van der Waals surface area contributed by atoms with Crippen LogP contribution in [0.4, 0.5) is 5.95 Å². The first-order valence-electron chi connectivity index (χ1n) is 9.35. The van der Waals surface area contributed by atoms with Crippen LogP contribution in [0.3, 0.4) is 0 Å². The molecular formula is C19H23N5O4. The molecule has 0 saturated carbocycles. The smallest absolute Gasteiger partial charge is 0.356 e. The lowest BCUT2D eigenvalue weighted by Gasteiger charge is -2.36. The number of carbonyl (C=O) groups is 2. The van der Waals surface area contributed by atoms with E-state index in [2.05, 4.69) is 15.0 Å². The minimum Gasteiger partial charge on any atom is -0.464 e. The molecule has 2 aromatic rings. The second kappa shape index (κ2) is 7.21. The molecule has 1 unspecified atom stereocenters. The Morgan fingerprint density at radius 3 is 2.82 bits per heavy atom. The molecule has 2 aromatic heterocycles. The Bertz CT molecular complexity index is 874. The highest BCUT2D eigenvalue weighted by Gasteiger charge is 2.50. The van der Waals surface area contributed by atoms with E-state index in [0.29, 0.717) is 50.5 Å². The van der Waals surface area contributed by atoms with E-state index in [-0.39, 0.29) is 17.8 Å². The molecule has 148 valence electrons. The van der Waals surface area contributed by atoms with Crippen molar-refractivity contribution in [1.29, 1.82) is 0 Å². The summed E-state index contributed by atoms with van der Waals surface area (Å²) in [5.74, 6) is -0.101. The van der Waals surface area contributed by atoms with Gasteiger partial charge in [0.1, 0.15) is 6.10 Å². The number of cyclic esters (lactones) is 1. The summed E-state index contributed by atoms with van der Waals surface area (Å²) in [5, 5.41) is 0. The van der Waals surface area contributed by atoms with E-state index in [4.69, 9.17) is 9.47 Å². The highest BCUT2D eigenvalue weighted by Crippen LogP contribution is 2.43. The molecule has 2 aliphatic rings. The molecule has 2 saturated heterocycles. The van der Waals surface area contributed by atoms with Crippen LogP contribution in [0.15, 0.2) is 24.8 Å². The number of carbonyl (C=O) groups excluding carboxylic acids is 2. The van der Waals surface area contributed by atoms with E-state index < -0.39 is 11.4 Å². The number of aromatic nitrogens is 4. The molecule has 0 aromatic carbocycles. The van der Waals surface area contributed by atoms with Gasteiger partial charge in [-0.1, -0.05) is 0 Å². The average Bonchev–Trinajstić information content (AvgIpc) is 3.30. The summed E-state index contributed by atoms with van der Waals surface area (Å²) in [7, 11) is 1.33. The molecule has 2 fully saturated rings. The molecule has 4 rings (SSSR count). The highest BCUT2D eigenvalue weighted by atomic mass is 16.6. The lowest BCUT2D eigenvalue weighted by Crippen LogP contribution is -2.43. The summed E-state index contributed by atoms with van der Waals surface area (Å²) in [4.78, 5) is 39.3. The van der Waals surface area contributed by atoms with Gasteiger partial charge in [0, 0.05) is 37.6 Å². The van der Waals surface area contributed by atoms with Crippen molar-refractivity contribution in [2.45, 2.75) is 38.8 Å². The average molecular weight is 385 g/mol. The lowest BCUT2D eigenvalue weighted by molar-refractivity contribution is -0.150. The molecule has 0 bridgehead atoms. The fraction of sp³-hybridized carbons (Fsp3) is 0.526. The van der Waals surface area contributed by atoms with Gasteiger partial charge in [0.05, 0.1) is 25.4 Å². The third-order valence-electron chi connectivity index (χ3n) is 5.54. The van der Waals surface area contributed by atoms with Gasteiger partial charge in [-0.25, -0.2) is 19.7 Å². The van der Waals surface area contributed by atoms with Crippen molar-refractivity contribution in [3.63, 3.8) is 0 Å². The van der Waals surface area contributed by atoms with Crippen molar-refractivity contribution in [1.82, 2.24) is 19.5 Å². The molecule has 9 heteroatoms. The van der Waals surface area contributed by atoms with Crippen LogP contribution in [-0.2, 0) is 20.8 Å². The summed E-state index contributed by atoms with van der Waals surface area (Å²) in [5.41, 5.74) is 0.494. The van der Waals surface area contributed by atoms with Crippen molar-refractivity contribution in [3.05, 3.63) is 36.2 Å². The van der Waals surface area contributed by atoms with Gasteiger partial charge in [-0.05, 0) is 25.8 Å². The number of anilines is 1. The lowest BCUT2D eigenvalue weighted by atomic mass is 9.76. The minimum absolute atomic E-state index is 0.113. The van der Waals surface area contributed by atoms with Gasteiger partial charge in [-0.2, -0.15) is 0 Å². The molecule has 28 heavy (non-hydrogen) atoms. The molecule has 0 amide bonds. The Morgan fingerprint density at radius 2 is 2.14 bits per heavy atom. The van der Waals surface area contributed by atoms with E-state index in [1.54, 1.807) is 18.6 Å². The second-order valence-corrected chi connectivity index (χ2v) is 7.44. The van der Waals surface area contributed by atoms with Crippen LogP contribution in [0.5, 0.6) is 0 Å². The number of rotatable bonds is 4. The largest absolute Gasteiger partial charge is 0.464 e. The number of ether oxygens (including phenoxy) is 2. The maximum absolute atomic E-state index is 12.6. The van der Waals surface area contributed by atoms with Crippen LogP contribution < -0.4 is 4.90 Å². The topological polar surface area (TPSA) is 99.4 Å². The van der Waals surface area contributed by atoms with Crippen molar-refractivity contribution < 1.29 is 19.1 Å². The zero-order valence-electron chi connectivity index (χ0n) is 16.0. The van der Waals surface area contributed by atoms with E-state index in [1.165, 1.54) is 7.11 Å². The van der Waals surface area contributed by atoms with Gasteiger partial charge in [0.2, 0.25) is 5.95 Å². The summed E-state index contributed by atoms with van der Waals surface area (Å²) in [6.45, 7) is 3.71. The summed E-state index contributed by atoms with van der Waals surface area (Å²) in [6, 6.07) is 1.61. The second-order valence-electron chi connectivity index (χ2n) is 7.44. The third-order valence-corrected chi connectivity index (χ3v) is 5.54. The van der Waals surface area contributed by atoms with Crippen molar-refractivity contribution in [2.75, 3.05) is 25.1 Å². The van der Waals surface area contributed by atoms with E-state index in [9.17, 15) is 9.59 Å². The highest BCUT2D eigenvalue weighted by molar-refractivity contribution is 5.87. The summed E-state index contributed by atoms with van der Waals surface area (Å²) < 4.78 is 12.3. The molecular weight excluding hydrogens is 362 g/mol. The Hall–Kier alpha value is -2.97. The normalized spacial score (nSPS) is 21.0. The van der Waals surface area contributed by atoms with E-state index >= 15 is 0 Å². The molecule has 0 aliphatic carbocycles. The Morgan fingerprint density at radius 1 is 1.36 bits per heavy atom. The fourth-order valence-corrected chi connectivity index (χ4v) is 4.02. The first kappa shape index (κ1) is 18.4. The SMILES string of the molecule is COC(=O)c1cc(C)nc(N2CCC3(CC2)CC(Cn2ccnc2)OC3=O)n1. The maximum atomic E-state index is 12.6. The van der Waals surface area contributed by atoms with Crippen LogP contribution in [0.1, 0.15) is 35.4 Å². The van der Waals surface area contributed by atoms with Crippen LogP contribution in [0, 0.1) is 12.3 Å². The predicted molar refractivity (Wildman–Crippen MR) is 98.7 cm³/mol. The van der Waals surface area contributed by atoms with Crippen LogP contribution in [0.2, 0.25) is 0 Å². The van der Waals surface area contributed by atoms with Crippen LogP contribution in [-0.4, -0.2) is 57.8 Å². The number of hydrogen-bond donors (Lipinski definition) is 0. The Labute approximate surface area is 162 Å². The molecule has 2 aliphatic heterocycles. The van der Waals surface area contributed by atoms with Gasteiger partial charge < -0.3 is 18.9 Å². The summed E-state index contributed by atoms with van der Waals surface area (Å²) in [6.07, 6.45) is 7.25. The first-order valence-corrected chi connectivity index (χ1v) is 9.35. The predicted octanol–water partition coefficient (Wildman–Crippen LogP) is 1.37. The number of imidazole rings is 1. The number of aryl methyl sites for hydroxylation is 1. The molecule has 0 N–H and O–H groups in total. The standard InChI is InChI=1S/C19H23N5O4/c1-13-9-15(16(25)27-2)22-18(21-13)24-6-3-19(4-7-24)10-14(28-17(19)26)11-23-8-5-20-12-23/h5,8-9,12,14H,3-4,6-7,10-11H2,1-2H3. The van der Waals surface area contributed by atoms with E-state index in [0.717, 1.165) is 0 Å². The van der Waals surface area contributed by atoms with Gasteiger partial charge in [-0.3, -0.25) is 4.79 Å². The van der Waals surface area contributed by atoms with Crippen molar-refractivity contribution in [3.8, 4) is 0 Å². The first-order chi connectivity index (χ1) is 13.5. The van der Waals surface area contributed by atoms with Gasteiger partial charge in [0.25, 0.3) is 0 Å². The number of piperidine rings is 1. The molecule has 1 atom stereocenters.